The molecule has 0 fully saturated rings. The predicted molar refractivity (Wildman–Crippen MR) is 95.8 cm³/mol. The highest BCUT2D eigenvalue weighted by Gasteiger charge is 2.11. The van der Waals surface area contributed by atoms with E-state index in [1.165, 1.54) is 6.39 Å². The molecule has 0 bridgehead atoms. The molecular formula is C18H20N4O5. The number of hydrogen-bond acceptors (Lipinski definition) is 8. The molecule has 1 aromatic carbocycles. The smallest absolute Gasteiger partial charge is 0.299 e. The fraction of sp³-hybridized carbons (Fsp3) is 0.278. The van der Waals surface area contributed by atoms with E-state index in [0.717, 1.165) is 17.7 Å². The molecule has 2 heterocycles. The van der Waals surface area contributed by atoms with E-state index >= 15 is 0 Å². The van der Waals surface area contributed by atoms with E-state index in [0.29, 0.717) is 36.1 Å². The normalized spacial score (nSPS) is 10.6. The number of carbonyl (C=O) groups excluding carboxylic acids is 1. The average molecular weight is 372 g/mol. The molecular weight excluding hydrogens is 352 g/mol. The van der Waals surface area contributed by atoms with Gasteiger partial charge in [-0.3, -0.25) is 10.0 Å². The first-order valence-electron chi connectivity index (χ1n) is 8.41. The van der Waals surface area contributed by atoms with Gasteiger partial charge in [-0.1, -0.05) is 0 Å². The minimum absolute atomic E-state index is 0.271. The molecule has 0 radical (unpaired) electrons. The average Bonchev–Trinajstić information content (AvgIpc) is 3.37. The van der Waals surface area contributed by atoms with Crippen molar-refractivity contribution in [1.82, 2.24) is 15.4 Å². The third-order valence-corrected chi connectivity index (χ3v) is 3.91. The third kappa shape index (κ3) is 4.85. The van der Waals surface area contributed by atoms with Gasteiger partial charge in [0.1, 0.15) is 11.5 Å². The van der Waals surface area contributed by atoms with Crippen molar-refractivity contribution in [2.45, 2.75) is 25.7 Å². The summed E-state index contributed by atoms with van der Waals surface area (Å²) < 4.78 is 16.4. The van der Waals surface area contributed by atoms with Gasteiger partial charge in [-0.2, -0.15) is 0 Å². The lowest BCUT2D eigenvalue weighted by Gasteiger charge is -2.09. The number of methoxy groups -OCH3 is 1. The van der Waals surface area contributed by atoms with Crippen LogP contribution in [0.15, 0.2) is 45.8 Å². The van der Waals surface area contributed by atoms with Crippen LogP contribution in [0.4, 0.5) is 11.7 Å². The minimum Gasteiger partial charge on any atom is -0.496 e. The van der Waals surface area contributed by atoms with Crippen LogP contribution in [0.2, 0.25) is 0 Å². The van der Waals surface area contributed by atoms with Gasteiger partial charge < -0.3 is 18.9 Å². The molecule has 0 spiro atoms. The summed E-state index contributed by atoms with van der Waals surface area (Å²) in [6.07, 6.45) is 6.96. The topological polar surface area (TPSA) is 123 Å². The number of oxazole rings is 2. The highest BCUT2D eigenvalue weighted by atomic mass is 16.5. The molecule has 9 heteroatoms. The lowest BCUT2D eigenvalue weighted by atomic mass is 10.1. The zero-order valence-corrected chi connectivity index (χ0v) is 14.8. The number of aromatic nitrogens is 2. The number of ether oxygens (including phenoxy) is 1. The summed E-state index contributed by atoms with van der Waals surface area (Å²) in [5, 5.41) is 11.5. The van der Waals surface area contributed by atoms with Crippen LogP contribution in [0.5, 0.6) is 5.75 Å². The van der Waals surface area contributed by atoms with Gasteiger partial charge >= 0.3 is 0 Å². The Morgan fingerprint density at radius 3 is 2.93 bits per heavy atom. The summed E-state index contributed by atoms with van der Waals surface area (Å²) in [7, 11) is 1.58. The van der Waals surface area contributed by atoms with Gasteiger partial charge in [0.05, 0.1) is 25.1 Å². The first kappa shape index (κ1) is 18.5. The van der Waals surface area contributed by atoms with Crippen LogP contribution in [-0.4, -0.2) is 28.2 Å². The first-order valence-corrected chi connectivity index (χ1v) is 8.41. The Balaban J connectivity index is 1.59. The summed E-state index contributed by atoms with van der Waals surface area (Å²) in [6.45, 7) is 0. The van der Waals surface area contributed by atoms with E-state index in [9.17, 15) is 4.79 Å². The number of aryl methyl sites for hydroxylation is 1. The van der Waals surface area contributed by atoms with Crippen molar-refractivity contribution in [2.75, 3.05) is 12.4 Å². The van der Waals surface area contributed by atoms with Crippen molar-refractivity contribution >= 4 is 17.6 Å². The van der Waals surface area contributed by atoms with Crippen molar-refractivity contribution in [1.29, 1.82) is 0 Å². The largest absolute Gasteiger partial charge is 0.496 e. The maximum atomic E-state index is 11.0. The molecule has 3 rings (SSSR count). The summed E-state index contributed by atoms with van der Waals surface area (Å²) in [6, 6.07) is 5.90. The number of anilines is 2. The Hall–Kier alpha value is -3.33. The lowest BCUT2D eigenvalue weighted by molar-refractivity contribution is -0.129. The van der Waals surface area contributed by atoms with Crippen molar-refractivity contribution < 1.29 is 23.6 Å². The Bertz CT molecular complexity index is 876. The number of amides is 1. The standard InChI is InChI=1S/C18H20N4O5/c1-25-15-8-12(6-7-14(15)16-10-19-11-26-16)21-18-20-9-13(27-18)4-2-3-5-17(23)22-24/h6-11,24H,2-5H2,1H3,(H,20,21)(H,22,23). The highest BCUT2D eigenvalue weighted by molar-refractivity contribution is 5.74. The number of unbranched alkanes of at least 4 members (excludes halogenated alkanes) is 1. The fourth-order valence-corrected chi connectivity index (χ4v) is 2.57. The van der Waals surface area contributed by atoms with Gasteiger partial charge in [-0.15, -0.1) is 0 Å². The van der Waals surface area contributed by atoms with Crippen LogP contribution in [-0.2, 0) is 11.2 Å². The molecule has 0 saturated carbocycles. The number of carbonyl (C=O) groups is 1. The van der Waals surface area contributed by atoms with E-state index in [1.54, 1.807) is 25.0 Å². The number of benzene rings is 1. The van der Waals surface area contributed by atoms with Crippen LogP contribution < -0.4 is 15.5 Å². The molecule has 0 aliphatic carbocycles. The molecule has 0 aliphatic heterocycles. The van der Waals surface area contributed by atoms with Gasteiger partial charge in [0, 0.05) is 24.6 Å². The Morgan fingerprint density at radius 2 is 2.19 bits per heavy atom. The summed E-state index contributed by atoms with van der Waals surface area (Å²) in [5.41, 5.74) is 3.16. The van der Waals surface area contributed by atoms with E-state index in [-0.39, 0.29) is 6.42 Å². The van der Waals surface area contributed by atoms with Crippen molar-refractivity contribution in [3.63, 3.8) is 0 Å². The number of nitrogens with one attached hydrogen (secondary N) is 2. The van der Waals surface area contributed by atoms with Gasteiger partial charge in [0.2, 0.25) is 5.91 Å². The molecule has 0 unspecified atom stereocenters. The van der Waals surface area contributed by atoms with Crippen molar-refractivity contribution in [2.24, 2.45) is 0 Å². The quantitative estimate of drug-likeness (QED) is 0.297. The molecule has 0 saturated heterocycles. The Labute approximate surface area is 155 Å². The van der Waals surface area contributed by atoms with E-state index in [1.807, 2.05) is 18.2 Å². The van der Waals surface area contributed by atoms with Gasteiger partial charge in [0.15, 0.2) is 12.2 Å². The van der Waals surface area contributed by atoms with Crippen LogP contribution in [0.1, 0.15) is 25.0 Å². The second kappa shape index (κ2) is 8.86. The van der Waals surface area contributed by atoms with Crippen LogP contribution >= 0.6 is 0 Å². The van der Waals surface area contributed by atoms with E-state index < -0.39 is 5.91 Å². The highest BCUT2D eigenvalue weighted by Crippen LogP contribution is 2.33. The fourth-order valence-electron chi connectivity index (χ4n) is 2.57. The number of nitrogens with zero attached hydrogens (tertiary/aromatic N) is 2. The Kier molecular flexibility index (Phi) is 6.06. The second-order valence-electron chi connectivity index (χ2n) is 5.78. The molecule has 142 valence electrons. The third-order valence-electron chi connectivity index (χ3n) is 3.91. The summed E-state index contributed by atoms with van der Waals surface area (Å²) in [5.74, 6) is 1.57. The number of hydroxylamine groups is 1. The maximum Gasteiger partial charge on any atom is 0.299 e. The SMILES string of the molecule is COc1cc(Nc2ncc(CCCCC(=O)NO)o2)ccc1-c1cnco1. The van der Waals surface area contributed by atoms with Crippen molar-refractivity contribution in [3.05, 3.63) is 42.7 Å². The monoisotopic (exact) mass is 372 g/mol. The zero-order chi connectivity index (χ0) is 19.1. The Morgan fingerprint density at radius 1 is 1.30 bits per heavy atom. The second-order valence-corrected chi connectivity index (χ2v) is 5.78. The number of rotatable bonds is 9. The van der Waals surface area contributed by atoms with E-state index in [4.69, 9.17) is 18.8 Å². The number of hydrogen-bond donors (Lipinski definition) is 3. The molecule has 1 amide bonds. The van der Waals surface area contributed by atoms with Crippen LogP contribution in [0.25, 0.3) is 11.3 Å². The summed E-state index contributed by atoms with van der Waals surface area (Å²) in [4.78, 5) is 19.1. The van der Waals surface area contributed by atoms with E-state index in [2.05, 4.69) is 15.3 Å². The first-order chi connectivity index (χ1) is 13.2. The maximum absolute atomic E-state index is 11.0. The molecule has 0 atom stereocenters. The molecule has 27 heavy (non-hydrogen) atoms. The van der Waals surface area contributed by atoms with Gasteiger partial charge in [0.25, 0.3) is 6.01 Å². The molecule has 3 N–H and O–H groups in total. The van der Waals surface area contributed by atoms with Gasteiger partial charge in [-0.25, -0.2) is 15.4 Å². The molecule has 2 aromatic heterocycles. The van der Waals surface area contributed by atoms with Crippen LogP contribution in [0.3, 0.4) is 0 Å². The minimum atomic E-state index is -0.391. The van der Waals surface area contributed by atoms with Crippen LogP contribution in [0, 0.1) is 0 Å². The lowest BCUT2D eigenvalue weighted by Crippen LogP contribution is -2.17. The van der Waals surface area contributed by atoms with Gasteiger partial charge in [-0.05, 0) is 25.0 Å². The molecule has 0 aliphatic rings. The molecule has 9 nitrogen and oxygen atoms in total. The van der Waals surface area contributed by atoms with Crippen molar-refractivity contribution in [3.8, 4) is 17.1 Å². The predicted octanol–water partition coefficient (Wildman–Crippen LogP) is 3.30. The molecule has 3 aromatic rings. The summed E-state index contributed by atoms with van der Waals surface area (Å²) >= 11 is 0. The zero-order valence-electron chi connectivity index (χ0n) is 14.8.